The second-order valence-electron chi connectivity index (χ2n) is 3.59. The maximum atomic E-state index is 5.94. The average molecular weight is 238 g/mol. The van der Waals surface area contributed by atoms with E-state index in [0.29, 0.717) is 0 Å². The van der Waals surface area contributed by atoms with Gasteiger partial charge in [0, 0.05) is 10.0 Å². The summed E-state index contributed by atoms with van der Waals surface area (Å²) in [6, 6.07) is 8.15. The molecule has 0 aromatic heterocycles. The van der Waals surface area contributed by atoms with Crippen LogP contribution in [0.1, 0.15) is 18.4 Å². The van der Waals surface area contributed by atoms with Gasteiger partial charge in [-0.1, -0.05) is 46.3 Å². The van der Waals surface area contributed by atoms with E-state index in [0.717, 1.165) is 17.3 Å². The van der Waals surface area contributed by atoms with Gasteiger partial charge >= 0.3 is 0 Å². The highest BCUT2D eigenvalue weighted by molar-refractivity contribution is 9.10. The average Bonchev–Trinajstić information content (AvgIpc) is 2.83. The Hall–Kier alpha value is -0.600. The summed E-state index contributed by atoms with van der Waals surface area (Å²) in [5.41, 5.74) is 7.13. The van der Waals surface area contributed by atoms with E-state index >= 15 is 0 Å². The maximum absolute atomic E-state index is 5.94. The van der Waals surface area contributed by atoms with Gasteiger partial charge in [-0.25, -0.2) is 0 Å². The van der Waals surface area contributed by atoms with Crippen LogP contribution >= 0.6 is 15.9 Å². The molecular formula is C11H12BrN. The smallest absolute Gasteiger partial charge is 0.0343 e. The zero-order valence-corrected chi connectivity index (χ0v) is 8.92. The van der Waals surface area contributed by atoms with Gasteiger partial charge < -0.3 is 5.73 Å². The molecule has 1 aliphatic carbocycles. The van der Waals surface area contributed by atoms with Gasteiger partial charge in [0.1, 0.15) is 0 Å². The SMILES string of the molecule is NC1(/C=C/c2ccccc2Br)CC1. The van der Waals surface area contributed by atoms with Gasteiger partial charge in [0.05, 0.1) is 0 Å². The third-order valence-electron chi connectivity index (χ3n) is 2.33. The summed E-state index contributed by atoms with van der Waals surface area (Å²) in [5.74, 6) is 0. The van der Waals surface area contributed by atoms with Gasteiger partial charge in [0.2, 0.25) is 0 Å². The number of halogens is 1. The van der Waals surface area contributed by atoms with Crippen molar-refractivity contribution in [3.8, 4) is 0 Å². The van der Waals surface area contributed by atoms with Crippen molar-refractivity contribution in [2.75, 3.05) is 0 Å². The molecule has 1 aromatic carbocycles. The summed E-state index contributed by atoms with van der Waals surface area (Å²) < 4.78 is 1.12. The first-order chi connectivity index (χ1) is 6.20. The predicted molar refractivity (Wildman–Crippen MR) is 59.3 cm³/mol. The monoisotopic (exact) mass is 237 g/mol. The zero-order chi connectivity index (χ0) is 9.31. The summed E-state index contributed by atoms with van der Waals surface area (Å²) in [7, 11) is 0. The molecule has 0 aliphatic heterocycles. The molecule has 2 heteroatoms. The first kappa shape index (κ1) is 8.97. The van der Waals surface area contributed by atoms with Crippen LogP contribution in [-0.2, 0) is 0 Å². The first-order valence-corrected chi connectivity index (χ1v) is 5.22. The Balaban J connectivity index is 2.17. The zero-order valence-electron chi connectivity index (χ0n) is 7.33. The van der Waals surface area contributed by atoms with Crippen molar-refractivity contribution in [1.82, 2.24) is 0 Å². The third-order valence-corrected chi connectivity index (χ3v) is 3.05. The van der Waals surface area contributed by atoms with E-state index in [2.05, 4.69) is 34.1 Å². The Kier molecular flexibility index (Phi) is 2.26. The van der Waals surface area contributed by atoms with Crippen LogP contribution in [-0.4, -0.2) is 5.54 Å². The predicted octanol–water partition coefficient (Wildman–Crippen LogP) is 2.95. The minimum Gasteiger partial charge on any atom is -0.322 e. The standard InChI is InChI=1S/C11H12BrN/c12-10-4-2-1-3-9(10)5-6-11(13)7-8-11/h1-6H,7-8,13H2/b6-5+. The third kappa shape index (κ3) is 2.20. The molecule has 0 spiro atoms. The fourth-order valence-electron chi connectivity index (χ4n) is 1.18. The quantitative estimate of drug-likeness (QED) is 0.842. The van der Waals surface area contributed by atoms with Crippen LogP contribution in [0.4, 0.5) is 0 Å². The van der Waals surface area contributed by atoms with E-state index in [1.54, 1.807) is 0 Å². The lowest BCUT2D eigenvalue weighted by Crippen LogP contribution is -2.17. The number of rotatable bonds is 2. The Labute approximate surface area is 86.8 Å². The first-order valence-electron chi connectivity index (χ1n) is 4.42. The molecule has 1 saturated carbocycles. The summed E-state index contributed by atoms with van der Waals surface area (Å²) in [4.78, 5) is 0. The van der Waals surface area contributed by atoms with Gasteiger partial charge in [-0.05, 0) is 24.5 Å². The highest BCUT2D eigenvalue weighted by Gasteiger charge is 2.34. The summed E-state index contributed by atoms with van der Waals surface area (Å²) in [5, 5.41) is 0. The van der Waals surface area contributed by atoms with Crippen LogP contribution in [0.5, 0.6) is 0 Å². The lowest BCUT2D eigenvalue weighted by Gasteiger charge is -2.00. The van der Waals surface area contributed by atoms with Crippen molar-refractivity contribution in [2.45, 2.75) is 18.4 Å². The molecule has 0 unspecified atom stereocenters. The molecule has 0 saturated heterocycles. The molecule has 68 valence electrons. The number of benzene rings is 1. The highest BCUT2D eigenvalue weighted by atomic mass is 79.9. The summed E-state index contributed by atoms with van der Waals surface area (Å²) in [6.07, 6.45) is 6.44. The lowest BCUT2D eigenvalue weighted by molar-refractivity contribution is 0.860. The van der Waals surface area contributed by atoms with E-state index in [9.17, 15) is 0 Å². The van der Waals surface area contributed by atoms with Crippen molar-refractivity contribution < 1.29 is 0 Å². The van der Waals surface area contributed by atoms with Crippen LogP contribution in [0.15, 0.2) is 34.8 Å². The Morgan fingerprint density at radius 1 is 1.31 bits per heavy atom. The normalized spacial score (nSPS) is 19.2. The molecule has 1 fully saturated rings. The second-order valence-corrected chi connectivity index (χ2v) is 4.44. The van der Waals surface area contributed by atoms with Crippen molar-refractivity contribution >= 4 is 22.0 Å². The van der Waals surface area contributed by atoms with Gasteiger partial charge in [0.15, 0.2) is 0 Å². The maximum Gasteiger partial charge on any atom is 0.0343 e. The number of hydrogen-bond donors (Lipinski definition) is 1. The Morgan fingerprint density at radius 3 is 2.62 bits per heavy atom. The fourth-order valence-corrected chi connectivity index (χ4v) is 1.59. The van der Waals surface area contributed by atoms with E-state index in [1.165, 1.54) is 5.56 Å². The topological polar surface area (TPSA) is 26.0 Å². The molecule has 1 aromatic rings. The van der Waals surface area contributed by atoms with E-state index in [4.69, 9.17) is 5.73 Å². The van der Waals surface area contributed by atoms with Gasteiger partial charge in [0.25, 0.3) is 0 Å². The fraction of sp³-hybridized carbons (Fsp3) is 0.273. The van der Waals surface area contributed by atoms with Crippen molar-refractivity contribution in [2.24, 2.45) is 5.73 Å². The largest absolute Gasteiger partial charge is 0.322 e. The lowest BCUT2D eigenvalue weighted by atomic mass is 10.1. The summed E-state index contributed by atoms with van der Waals surface area (Å²) >= 11 is 3.49. The number of nitrogens with two attached hydrogens (primary N) is 1. The molecule has 0 bridgehead atoms. The molecular weight excluding hydrogens is 226 g/mol. The van der Waals surface area contributed by atoms with Crippen LogP contribution < -0.4 is 5.73 Å². The molecule has 1 nitrogen and oxygen atoms in total. The molecule has 0 atom stereocenters. The molecule has 2 rings (SSSR count). The minimum absolute atomic E-state index is 0.00468. The van der Waals surface area contributed by atoms with Crippen LogP contribution in [0.2, 0.25) is 0 Å². The Morgan fingerprint density at radius 2 is 2.00 bits per heavy atom. The van der Waals surface area contributed by atoms with Crippen molar-refractivity contribution in [1.29, 1.82) is 0 Å². The van der Waals surface area contributed by atoms with Gasteiger partial charge in [-0.15, -0.1) is 0 Å². The Bertz CT molecular complexity index is 340. The van der Waals surface area contributed by atoms with Gasteiger partial charge in [-0.2, -0.15) is 0 Å². The van der Waals surface area contributed by atoms with Crippen LogP contribution in [0.25, 0.3) is 6.08 Å². The van der Waals surface area contributed by atoms with E-state index < -0.39 is 0 Å². The highest BCUT2D eigenvalue weighted by Crippen LogP contribution is 2.34. The summed E-state index contributed by atoms with van der Waals surface area (Å²) in [6.45, 7) is 0. The van der Waals surface area contributed by atoms with E-state index in [-0.39, 0.29) is 5.54 Å². The van der Waals surface area contributed by atoms with Crippen molar-refractivity contribution in [3.05, 3.63) is 40.4 Å². The number of hydrogen-bond acceptors (Lipinski definition) is 1. The van der Waals surface area contributed by atoms with Crippen LogP contribution in [0, 0.1) is 0 Å². The molecule has 1 aliphatic rings. The molecule has 0 amide bonds. The molecule has 0 heterocycles. The van der Waals surface area contributed by atoms with Crippen LogP contribution in [0.3, 0.4) is 0 Å². The molecule has 13 heavy (non-hydrogen) atoms. The minimum atomic E-state index is -0.00468. The van der Waals surface area contributed by atoms with E-state index in [1.807, 2.05) is 18.2 Å². The molecule has 0 radical (unpaired) electrons. The molecule has 2 N–H and O–H groups in total. The van der Waals surface area contributed by atoms with Gasteiger partial charge in [-0.3, -0.25) is 0 Å². The van der Waals surface area contributed by atoms with Crippen molar-refractivity contribution in [3.63, 3.8) is 0 Å². The second kappa shape index (κ2) is 3.28.